The van der Waals surface area contributed by atoms with E-state index in [1.165, 1.54) is 17.6 Å². The number of rotatable bonds is 6. The predicted octanol–water partition coefficient (Wildman–Crippen LogP) is 5.15. The largest absolute Gasteiger partial charge is 0.459 e. The van der Waals surface area contributed by atoms with Crippen molar-refractivity contribution >= 4 is 17.5 Å². The van der Waals surface area contributed by atoms with Gasteiger partial charge in [0.2, 0.25) is 12.7 Å². The van der Waals surface area contributed by atoms with Crippen LogP contribution in [0.1, 0.15) is 59.8 Å². The van der Waals surface area contributed by atoms with Gasteiger partial charge < -0.3 is 19.2 Å². The maximum Gasteiger partial charge on any atom is 0.294 e. The molecule has 2 heterocycles. The van der Waals surface area contributed by atoms with Gasteiger partial charge in [-0.15, -0.1) is 0 Å². The molecule has 0 saturated heterocycles. The lowest BCUT2D eigenvalue weighted by Gasteiger charge is -2.33. The molecule has 7 nitrogen and oxygen atoms in total. The number of amides is 2. The van der Waals surface area contributed by atoms with Crippen molar-refractivity contribution in [2.75, 3.05) is 11.7 Å². The summed E-state index contributed by atoms with van der Waals surface area (Å²) >= 11 is 0. The topological polar surface area (TPSA) is 81.0 Å². The van der Waals surface area contributed by atoms with E-state index in [-0.39, 0.29) is 24.5 Å². The Morgan fingerprint density at radius 2 is 1.74 bits per heavy atom. The molecule has 1 aromatic heterocycles. The molecule has 1 N–H and O–H groups in total. The lowest BCUT2D eigenvalue weighted by atomic mass is 9.94. The summed E-state index contributed by atoms with van der Waals surface area (Å²) in [7, 11) is 0. The van der Waals surface area contributed by atoms with E-state index in [4.69, 9.17) is 13.9 Å². The minimum absolute atomic E-state index is 0.103. The quantitative estimate of drug-likeness (QED) is 0.550. The van der Waals surface area contributed by atoms with Gasteiger partial charge in [0.25, 0.3) is 5.91 Å². The van der Waals surface area contributed by atoms with Crippen LogP contribution in [-0.2, 0) is 4.79 Å². The third-order valence-electron chi connectivity index (χ3n) is 6.44. The third kappa shape index (κ3) is 4.51. The summed E-state index contributed by atoms with van der Waals surface area (Å²) in [5.41, 5.74) is 2.31. The number of nitrogens with zero attached hydrogens (tertiary/aromatic N) is 1. The maximum absolute atomic E-state index is 13.8. The van der Waals surface area contributed by atoms with Crippen molar-refractivity contribution < 1.29 is 23.5 Å². The number of aryl methyl sites for hydroxylation is 1. The van der Waals surface area contributed by atoms with Gasteiger partial charge in [-0.1, -0.05) is 49.1 Å². The summed E-state index contributed by atoms with van der Waals surface area (Å²) in [6.45, 7) is 2.11. The minimum Gasteiger partial charge on any atom is -0.459 e. The van der Waals surface area contributed by atoms with E-state index in [1.54, 1.807) is 30.3 Å². The Labute approximate surface area is 198 Å². The van der Waals surface area contributed by atoms with Crippen LogP contribution in [0.4, 0.5) is 5.69 Å². The number of anilines is 1. The molecule has 1 aliphatic carbocycles. The first kappa shape index (κ1) is 22.1. The first-order valence-electron chi connectivity index (χ1n) is 11.7. The lowest BCUT2D eigenvalue weighted by molar-refractivity contribution is -0.123. The van der Waals surface area contributed by atoms with Gasteiger partial charge in [-0.2, -0.15) is 0 Å². The van der Waals surface area contributed by atoms with Crippen molar-refractivity contribution in [3.05, 3.63) is 77.7 Å². The number of furan rings is 1. The summed E-state index contributed by atoms with van der Waals surface area (Å²) in [6, 6.07) is 15.4. The normalized spacial score (nSPS) is 16.1. The van der Waals surface area contributed by atoms with Crippen LogP contribution in [0.15, 0.2) is 65.3 Å². The molecule has 0 spiro atoms. The molecule has 1 saturated carbocycles. The molecule has 176 valence electrons. The molecular formula is C27H28N2O5. The number of carbonyl (C=O) groups is 2. The van der Waals surface area contributed by atoms with Gasteiger partial charge in [-0.25, -0.2) is 0 Å². The van der Waals surface area contributed by atoms with Crippen LogP contribution in [-0.4, -0.2) is 24.6 Å². The number of fused-ring (bicyclic) bond motifs is 1. The number of benzene rings is 2. The summed E-state index contributed by atoms with van der Waals surface area (Å²) in [5.74, 6) is 0.666. The van der Waals surface area contributed by atoms with Crippen molar-refractivity contribution in [1.29, 1.82) is 0 Å². The summed E-state index contributed by atoms with van der Waals surface area (Å²) in [5, 5.41) is 3.22. The van der Waals surface area contributed by atoms with Crippen LogP contribution >= 0.6 is 0 Å². The molecule has 3 aromatic rings. The summed E-state index contributed by atoms with van der Waals surface area (Å²) in [4.78, 5) is 29.1. The van der Waals surface area contributed by atoms with Gasteiger partial charge in [0.05, 0.1) is 6.26 Å². The third-order valence-corrected chi connectivity index (χ3v) is 6.44. The molecule has 5 rings (SSSR count). The van der Waals surface area contributed by atoms with E-state index in [2.05, 4.69) is 5.32 Å². The highest BCUT2D eigenvalue weighted by molar-refractivity contribution is 6.08. The van der Waals surface area contributed by atoms with E-state index in [1.807, 2.05) is 31.2 Å². The van der Waals surface area contributed by atoms with E-state index >= 15 is 0 Å². The van der Waals surface area contributed by atoms with Gasteiger partial charge in [-0.3, -0.25) is 14.5 Å². The van der Waals surface area contributed by atoms with Gasteiger partial charge in [0.15, 0.2) is 17.3 Å². The highest BCUT2D eigenvalue weighted by Crippen LogP contribution is 2.39. The molecule has 7 heteroatoms. The smallest absolute Gasteiger partial charge is 0.294 e. The Hall–Kier alpha value is -3.74. The van der Waals surface area contributed by atoms with Gasteiger partial charge in [0.1, 0.15) is 6.04 Å². The molecule has 0 radical (unpaired) electrons. The van der Waals surface area contributed by atoms with Crippen molar-refractivity contribution in [1.82, 2.24) is 5.32 Å². The number of ether oxygens (including phenoxy) is 2. The second-order valence-electron chi connectivity index (χ2n) is 8.85. The monoisotopic (exact) mass is 460 g/mol. The highest BCUT2D eigenvalue weighted by atomic mass is 16.7. The first-order valence-corrected chi connectivity index (χ1v) is 11.7. The minimum atomic E-state index is -0.888. The van der Waals surface area contributed by atoms with Crippen LogP contribution in [0.3, 0.4) is 0 Å². The highest BCUT2D eigenvalue weighted by Gasteiger charge is 2.36. The molecule has 1 aliphatic heterocycles. The fraction of sp³-hybridized carbons (Fsp3) is 0.333. The second kappa shape index (κ2) is 9.63. The van der Waals surface area contributed by atoms with Crippen molar-refractivity contribution in [3.8, 4) is 11.5 Å². The van der Waals surface area contributed by atoms with Crippen molar-refractivity contribution in [2.45, 2.75) is 51.1 Å². The number of carbonyl (C=O) groups excluding carboxylic acids is 2. The number of nitrogens with one attached hydrogen (secondary N) is 1. The fourth-order valence-electron chi connectivity index (χ4n) is 4.63. The molecule has 1 fully saturated rings. The zero-order valence-electron chi connectivity index (χ0n) is 19.2. The molecule has 2 aliphatic rings. The zero-order chi connectivity index (χ0) is 23.5. The van der Waals surface area contributed by atoms with Gasteiger partial charge >= 0.3 is 0 Å². The van der Waals surface area contributed by atoms with Crippen molar-refractivity contribution in [2.24, 2.45) is 0 Å². The molecule has 34 heavy (non-hydrogen) atoms. The predicted molar refractivity (Wildman–Crippen MR) is 127 cm³/mol. The standard InChI is InChI=1S/C27H28N2O5/c1-18-9-11-19(12-10-18)25(26(30)28-20-6-3-2-4-7-20)29(27(31)23-8-5-15-32-23)21-13-14-22-24(16-21)34-17-33-22/h5,8-16,20,25H,2-4,6-7,17H2,1H3,(H,28,30)/t25-/m1/s1. The molecule has 0 bridgehead atoms. The van der Waals surface area contributed by atoms with Crippen LogP contribution in [0.5, 0.6) is 11.5 Å². The maximum atomic E-state index is 13.8. The van der Waals surface area contributed by atoms with E-state index < -0.39 is 11.9 Å². The van der Waals surface area contributed by atoms with Crippen LogP contribution < -0.4 is 19.7 Å². The molecular weight excluding hydrogens is 432 g/mol. The van der Waals surface area contributed by atoms with E-state index in [0.717, 1.165) is 36.8 Å². The van der Waals surface area contributed by atoms with E-state index in [9.17, 15) is 9.59 Å². The Morgan fingerprint density at radius 1 is 0.971 bits per heavy atom. The fourth-order valence-corrected chi connectivity index (χ4v) is 4.63. The average Bonchev–Trinajstić information content (AvgIpc) is 3.55. The van der Waals surface area contributed by atoms with Gasteiger partial charge in [-0.05, 0) is 49.6 Å². The Bertz CT molecular complexity index is 1150. The Balaban J connectivity index is 1.58. The molecule has 2 aromatic carbocycles. The van der Waals surface area contributed by atoms with E-state index in [0.29, 0.717) is 17.2 Å². The zero-order valence-corrected chi connectivity index (χ0v) is 19.2. The first-order chi connectivity index (χ1) is 16.6. The second-order valence-corrected chi connectivity index (χ2v) is 8.85. The van der Waals surface area contributed by atoms with Crippen LogP contribution in [0, 0.1) is 6.92 Å². The number of hydrogen-bond donors (Lipinski definition) is 1. The number of hydrogen-bond acceptors (Lipinski definition) is 5. The Kier molecular flexibility index (Phi) is 6.25. The SMILES string of the molecule is Cc1ccc([C@H](C(=O)NC2CCCCC2)N(C(=O)c2ccco2)c2ccc3c(c2)OCO3)cc1. The Morgan fingerprint density at radius 3 is 2.47 bits per heavy atom. The summed E-state index contributed by atoms with van der Waals surface area (Å²) in [6.07, 6.45) is 6.72. The van der Waals surface area contributed by atoms with Crippen molar-refractivity contribution in [3.63, 3.8) is 0 Å². The molecule has 2 amide bonds. The summed E-state index contributed by atoms with van der Waals surface area (Å²) < 4.78 is 16.5. The molecule has 1 atom stereocenters. The van der Waals surface area contributed by atoms with Crippen LogP contribution in [0.25, 0.3) is 0 Å². The molecule has 0 unspecified atom stereocenters. The average molecular weight is 461 g/mol. The van der Waals surface area contributed by atoms with Crippen LogP contribution in [0.2, 0.25) is 0 Å². The van der Waals surface area contributed by atoms with Gasteiger partial charge in [0, 0.05) is 17.8 Å². The lowest BCUT2D eigenvalue weighted by Crippen LogP contribution is -2.47.